The second-order valence-electron chi connectivity index (χ2n) is 9.73. The molecule has 0 N–H and O–H groups in total. The number of hydrogen-bond acceptors (Lipinski definition) is 3. The van der Waals surface area contributed by atoms with Gasteiger partial charge < -0.3 is 9.64 Å². The van der Waals surface area contributed by atoms with Crippen molar-refractivity contribution in [2.75, 3.05) is 13.7 Å². The lowest BCUT2D eigenvalue weighted by Crippen LogP contribution is -2.74. The SMILES string of the molecule is COC1=N[C@@]23CC4=C(Cc5cc(Cl)ccc54)C(C)(C)C2C[C@@]12CCCN2C3=O. The van der Waals surface area contributed by atoms with Crippen molar-refractivity contribution >= 4 is 29.0 Å². The Labute approximate surface area is 170 Å². The minimum absolute atomic E-state index is 0.0841. The van der Waals surface area contributed by atoms with E-state index in [-0.39, 0.29) is 22.8 Å². The summed E-state index contributed by atoms with van der Waals surface area (Å²) in [4.78, 5) is 21.1. The van der Waals surface area contributed by atoms with E-state index in [2.05, 4.69) is 30.9 Å². The molecule has 2 aliphatic carbocycles. The van der Waals surface area contributed by atoms with E-state index in [0.29, 0.717) is 6.42 Å². The van der Waals surface area contributed by atoms with Crippen LogP contribution in [0.3, 0.4) is 0 Å². The summed E-state index contributed by atoms with van der Waals surface area (Å²) in [5, 5.41) is 0.781. The predicted octanol–water partition coefficient (Wildman–Crippen LogP) is 4.26. The quantitative estimate of drug-likeness (QED) is 0.657. The highest BCUT2D eigenvalue weighted by Gasteiger charge is 2.71. The summed E-state index contributed by atoms with van der Waals surface area (Å²) in [7, 11) is 1.71. The Bertz CT molecular complexity index is 1010. The van der Waals surface area contributed by atoms with Gasteiger partial charge in [-0.25, -0.2) is 4.99 Å². The van der Waals surface area contributed by atoms with E-state index in [1.54, 1.807) is 7.11 Å². The molecule has 4 nitrogen and oxygen atoms in total. The molecule has 2 saturated heterocycles. The molecule has 4 aliphatic heterocycles. The van der Waals surface area contributed by atoms with Gasteiger partial charge in [-0.2, -0.15) is 0 Å². The normalized spacial score (nSPS) is 36.7. The topological polar surface area (TPSA) is 41.9 Å². The molecule has 28 heavy (non-hydrogen) atoms. The Balaban J connectivity index is 1.58. The van der Waals surface area contributed by atoms with Crippen LogP contribution in [0.4, 0.5) is 0 Å². The molecule has 3 atom stereocenters. The van der Waals surface area contributed by atoms with Gasteiger partial charge in [0.05, 0.1) is 7.11 Å². The lowest BCUT2D eigenvalue weighted by atomic mass is 9.51. The van der Waals surface area contributed by atoms with Crippen LogP contribution in [0.1, 0.15) is 50.7 Å². The molecule has 2 spiro atoms. The fourth-order valence-corrected chi connectivity index (χ4v) is 7.28. The molecule has 4 heterocycles. The molecule has 0 saturated carbocycles. The molecule has 2 bridgehead atoms. The molecule has 1 aromatic rings. The van der Waals surface area contributed by atoms with Crippen molar-refractivity contribution in [1.82, 2.24) is 4.90 Å². The number of piperidine rings is 1. The van der Waals surface area contributed by atoms with Crippen LogP contribution in [0.2, 0.25) is 5.02 Å². The number of carbonyl (C=O) groups excluding carboxylic acids is 1. The molecule has 6 aliphatic rings. The number of benzene rings is 1. The highest BCUT2D eigenvalue weighted by Crippen LogP contribution is 2.65. The second kappa shape index (κ2) is 5.02. The Morgan fingerprint density at radius 1 is 1.32 bits per heavy atom. The zero-order valence-electron chi connectivity index (χ0n) is 16.6. The molecule has 2 fully saturated rings. The fourth-order valence-electron chi connectivity index (χ4n) is 7.08. The van der Waals surface area contributed by atoms with Crippen molar-refractivity contribution in [3.8, 4) is 0 Å². The maximum absolute atomic E-state index is 13.8. The molecule has 7 rings (SSSR count). The Morgan fingerprint density at radius 2 is 2.14 bits per heavy atom. The van der Waals surface area contributed by atoms with Gasteiger partial charge >= 0.3 is 0 Å². The number of fused-ring (bicyclic) bond motifs is 2. The van der Waals surface area contributed by atoms with Gasteiger partial charge in [0.1, 0.15) is 5.54 Å². The van der Waals surface area contributed by atoms with Crippen molar-refractivity contribution in [3.63, 3.8) is 0 Å². The third-order valence-electron chi connectivity index (χ3n) is 8.33. The summed E-state index contributed by atoms with van der Waals surface area (Å²) in [6.07, 6.45) is 4.59. The number of ether oxygens (including phenoxy) is 1. The number of allylic oxidation sites excluding steroid dienone is 1. The molecule has 5 heteroatoms. The fraction of sp³-hybridized carbons (Fsp3) is 0.565. The molecule has 1 amide bonds. The van der Waals surface area contributed by atoms with Crippen molar-refractivity contribution in [3.05, 3.63) is 39.9 Å². The largest absolute Gasteiger partial charge is 0.483 e. The summed E-state index contributed by atoms with van der Waals surface area (Å²) in [5.74, 6) is 1.23. The smallest absolute Gasteiger partial charge is 0.252 e. The standard InChI is InChI=1S/C23H25ClN2O2/c1-21(2)17-10-13-9-14(24)5-6-15(13)16(17)11-23-18(21)12-22(19(25-23)28-3)7-4-8-26(22)20(23)27/h5-6,9,18H,4,7-8,10-12H2,1-3H3/t18?,22-,23-/m0/s1. The average Bonchev–Trinajstić information content (AvgIpc) is 3.24. The number of rotatable bonds is 0. The monoisotopic (exact) mass is 396 g/mol. The average molecular weight is 397 g/mol. The van der Waals surface area contributed by atoms with Crippen molar-refractivity contribution in [2.24, 2.45) is 16.3 Å². The first kappa shape index (κ1) is 17.1. The molecular formula is C23H25ClN2O2. The van der Waals surface area contributed by atoms with Gasteiger partial charge in [0.25, 0.3) is 5.91 Å². The van der Waals surface area contributed by atoms with Crippen LogP contribution in [0.15, 0.2) is 28.8 Å². The third kappa shape index (κ3) is 1.71. The highest BCUT2D eigenvalue weighted by atomic mass is 35.5. The van der Waals surface area contributed by atoms with E-state index in [0.717, 1.165) is 43.1 Å². The van der Waals surface area contributed by atoms with Crippen molar-refractivity contribution in [2.45, 2.75) is 57.0 Å². The maximum Gasteiger partial charge on any atom is 0.252 e. The molecule has 1 unspecified atom stereocenters. The van der Waals surface area contributed by atoms with Gasteiger partial charge in [0.2, 0.25) is 5.90 Å². The van der Waals surface area contributed by atoms with Crippen LogP contribution in [0.25, 0.3) is 5.57 Å². The third-order valence-corrected chi connectivity index (χ3v) is 8.57. The van der Waals surface area contributed by atoms with Gasteiger partial charge in [-0.15, -0.1) is 0 Å². The number of amides is 1. The Morgan fingerprint density at radius 3 is 2.93 bits per heavy atom. The van der Waals surface area contributed by atoms with Crippen LogP contribution in [0.5, 0.6) is 0 Å². The number of halogens is 1. The maximum atomic E-state index is 13.8. The van der Waals surface area contributed by atoms with Gasteiger partial charge in [0, 0.05) is 23.9 Å². The van der Waals surface area contributed by atoms with Crippen LogP contribution < -0.4 is 0 Å². The molecule has 146 valence electrons. The molecule has 0 radical (unpaired) electrons. The van der Waals surface area contributed by atoms with Gasteiger partial charge in [-0.3, -0.25) is 4.79 Å². The molecule has 0 aromatic heterocycles. The van der Waals surface area contributed by atoms with Gasteiger partial charge in [0.15, 0.2) is 5.54 Å². The minimum Gasteiger partial charge on any atom is -0.483 e. The Kier molecular flexibility index (Phi) is 3.06. The van der Waals surface area contributed by atoms with E-state index >= 15 is 0 Å². The van der Waals surface area contributed by atoms with Crippen LogP contribution in [-0.2, 0) is 16.0 Å². The van der Waals surface area contributed by atoms with E-state index in [4.69, 9.17) is 21.3 Å². The lowest BCUT2D eigenvalue weighted by molar-refractivity contribution is -0.155. The first-order chi connectivity index (χ1) is 13.3. The second-order valence-corrected chi connectivity index (χ2v) is 10.2. The Hall–Kier alpha value is -1.81. The van der Waals surface area contributed by atoms with Gasteiger partial charge in [-0.1, -0.05) is 37.1 Å². The zero-order valence-corrected chi connectivity index (χ0v) is 17.4. The van der Waals surface area contributed by atoms with E-state index < -0.39 is 5.54 Å². The lowest BCUT2D eigenvalue weighted by Gasteiger charge is -2.62. The van der Waals surface area contributed by atoms with Crippen LogP contribution >= 0.6 is 11.6 Å². The number of hydrogen-bond donors (Lipinski definition) is 0. The number of methoxy groups -OCH3 is 1. The van der Waals surface area contributed by atoms with Gasteiger partial charge in [-0.05, 0) is 59.9 Å². The summed E-state index contributed by atoms with van der Waals surface area (Å²) in [5.41, 5.74) is 4.22. The van der Waals surface area contributed by atoms with E-state index in [9.17, 15) is 4.79 Å². The highest BCUT2D eigenvalue weighted by molar-refractivity contribution is 6.30. The van der Waals surface area contributed by atoms with Crippen LogP contribution in [0, 0.1) is 11.3 Å². The summed E-state index contributed by atoms with van der Waals surface area (Å²) < 4.78 is 5.81. The van der Waals surface area contributed by atoms with Crippen molar-refractivity contribution in [1.29, 1.82) is 0 Å². The first-order valence-electron chi connectivity index (χ1n) is 10.3. The minimum atomic E-state index is -0.721. The number of nitrogens with zero attached hydrogens (tertiary/aromatic N) is 2. The molecule has 1 aromatic carbocycles. The first-order valence-corrected chi connectivity index (χ1v) is 10.7. The number of carbonyl (C=O) groups is 1. The number of aliphatic imine (C=N–C) groups is 1. The zero-order chi connectivity index (χ0) is 19.5. The summed E-state index contributed by atoms with van der Waals surface area (Å²) in [6, 6.07) is 6.18. The van der Waals surface area contributed by atoms with Crippen LogP contribution in [-0.4, -0.2) is 41.4 Å². The van der Waals surface area contributed by atoms with E-state index in [1.165, 1.54) is 22.3 Å². The molecular weight excluding hydrogens is 372 g/mol. The van der Waals surface area contributed by atoms with E-state index in [1.807, 2.05) is 6.07 Å². The predicted molar refractivity (Wildman–Crippen MR) is 109 cm³/mol. The van der Waals surface area contributed by atoms with Crippen molar-refractivity contribution < 1.29 is 9.53 Å². The summed E-state index contributed by atoms with van der Waals surface area (Å²) >= 11 is 6.28. The summed E-state index contributed by atoms with van der Waals surface area (Å²) in [6.45, 7) is 5.48.